The van der Waals surface area contributed by atoms with Crippen LogP contribution in [0, 0.1) is 11.3 Å². The van der Waals surface area contributed by atoms with Gasteiger partial charge in [0.1, 0.15) is 6.07 Å². The molecule has 2 rings (SSSR count). The number of nitrogen functional groups attached to an aromatic ring is 1. The average molecular weight is 251 g/mol. The van der Waals surface area contributed by atoms with Gasteiger partial charge in [-0.15, -0.1) is 0 Å². The van der Waals surface area contributed by atoms with Crippen LogP contribution in [0.25, 0.3) is 0 Å². The molecule has 3 nitrogen and oxygen atoms in total. The van der Waals surface area contributed by atoms with E-state index in [1.807, 2.05) is 30.3 Å². The molecule has 19 heavy (non-hydrogen) atoms. The monoisotopic (exact) mass is 251 g/mol. The van der Waals surface area contributed by atoms with E-state index in [4.69, 9.17) is 5.73 Å². The summed E-state index contributed by atoms with van der Waals surface area (Å²) in [7, 11) is 0. The predicted molar refractivity (Wildman–Crippen MR) is 78.7 cm³/mol. The van der Waals surface area contributed by atoms with Crippen LogP contribution in [-0.4, -0.2) is 6.54 Å². The largest absolute Gasteiger partial charge is 0.399 e. The van der Waals surface area contributed by atoms with Gasteiger partial charge in [-0.3, -0.25) is 0 Å². The van der Waals surface area contributed by atoms with Crippen LogP contribution < -0.4 is 10.6 Å². The van der Waals surface area contributed by atoms with Gasteiger partial charge in [0.2, 0.25) is 0 Å². The Morgan fingerprint density at radius 2 is 1.89 bits per heavy atom. The lowest BCUT2D eigenvalue weighted by Crippen LogP contribution is -2.22. The van der Waals surface area contributed by atoms with E-state index < -0.39 is 0 Å². The number of nitrogens with two attached hydrogens (primary N) is 1. The highest BCUT2D eigenvalue weighted by Gasteiger charge is 2.10. The first kappa shape index (κ1) is 13.0. The third kappa shape index (κ3) is 3.05. The minimum absolute atomic E-state index is 0.621. The van der Waals surface area contributed by atoms with Crippen LogP contribution in [0.2, 0.25) is 0 Å². The Kier molecular flexibility index (Phi) is 4.04. The van der Waals surface area contributed by atoms with Crippen LogP contribution in [0.1, 0.15) is 18.1 Å². The summed E-state index contributed by atoms with van der Waals surface area (Å²) in [5.74, 6) is 0. The van der Waals surface area contributed by atoms with E-state index in [1.165, 1.54) is 5.56 Å². The Morgan fingerprint density at radius 1 is 1.16 bits per heavy atom. The quantitative estimate of drug-likeness (QED) is 0.849. The number of nitriles is 1. The standard InChI is InChI=1S/C16H17N3/c1-2-19(12-13-6-4-3-5-7-13)16-9-8-15(18)10-14(16)11-17/h3-10H,2,12,18H2,1H3. The number of hydrogen-bond donors (Lipinski definition) is 1. The Morgan fingerprint density at radius 3 is 2.53 bits per heavy atom. The van der Waals surface area contributed by atoms with E-state index in [0.29, 0.717) is 11.3 Å². The summed E-state index contributed by atoms with van der Waals surface area (Å²) in [6.07, 6.45) is 0. The van der Waals surface area contributed by atoms with Gasteiger partial charge in [-0.1, -0.05) is 30.3 Å². The topological polar surface area (TPSA) is 53.0 Å². The van der Waals surface area contributed by atoms with Crippen molar-refractivity contribution < 1.29 is 0 Å². The predicted octanol–water partition coefficient (Wildman–Crippen LogP) is 3.17. The summed E-state index contributed by atoms with van der Waals surface area (Å²) in [6, 6.07) is 17.9. The van der Waals surface area contributed by atoms with Gasteiger partial charge in [0, 0.05) is 18.8 Å². The van der Waals surface area contributed by atoms with Gasteiger partial charge in [-0.2, -0.15) is 5.26 Å². The molecule has 0 unspecified atom stereocenters. The van der Waals surface area contributed by atoms with Gasteiger partial charge in [0.15, 0.2) is 0 Å². The van der Waals surface area contributed by atoms with E-state index >= 15 is 0 Å². The summed E-state index contributed by atoms with van der Waals surface area (Å²) >= 11 is 0. The van der Waals surface area contributed by atoms with Crippen molar-refractivity contribution in [2.24, 2.45) is 0 Å². The van der Waals surface area contributed by atoms with Gasteiger partial charge in [-0.25, -0.2) is 0 Å². The number of anilines is 2. The maximum atomic E-state index is 9.22. The summed E-state index contributed by atoms with van der Waals surface area (Å²) in [5.41, 5.74) is 9.13. The van der Waals surface area contributed by atoms with Crippen molar-refractivity contribution in [2.75, 3.05) is 17.2 Å². The molecule has 0 aliphatic heterocycles. The van der Waals surface area contributed by atoms with E-state index in [9.17, 15) is 5.26 Å². The summed E-state index contributed by atoms with van der Waals surface area (Å²) in [6.45, 7) is 3.71. The number of benzene rings is 2. The molecule has 0 saturated heterocycles. The highest BCUT2D eigenvalue weighted by Crippen LogP contribution is 2.24. The fourth-order valence-corrected chi connectivity index (χ4v) is 2.09. The molecular weight excluding hydrogens is 234 g/mol. The fourth-order valence-electron chi connectivity index (χ4n) is 2.09. The summed E-state index contributed by atoms with van der Waals surface area (Å²) < 4.78 is 0. The van der Waals surface area contributed by atoms with Gasteiger partial charge in [-0.05, 0) is 30.7 Å². The highest BCUT2D eigenvalue weighted by atomic mass is 15.1. The van der Waals surface area contributed by atoms with Crippen molar-refractivity contribution in [1.82, 2.24) is 0 Å². The number of rotatable bonds is 4. The minimum atomic E-state index is 0.621. The van der Waals surface area contributed by atoms with Gasteiger partial charge < -0.3 is 10.6 Å². The van der Waals surface area contributed by atoms with E-state index in [2.05, 4.69) is 30.0 Å². The fraction of sp³-hybridized carbons (Fsp3) is 0.188. The number of nitrogens with zero attached hydrogens (tertiary/aromatic N) is 2. The van der Waals surface area contributed by atoms with E-state index in [0.717, 1.165) is 18.8 Å². The van der Waals surface area contributed by atoms with Gasteiger partial charge in [0.05, 0.1) is 11.3 Å². The average Bonchev–Trinajstić information content (AvgIpc) is 2.46. The molecule has 0 heterocycles. The third-order valence-corrected chi connectivity index (χ3v) is 3.08. The Labute approximate surface area is 113 Å². The molecule has 0 radical (unpaired) electrons. The smallest absolute Gasteiger partial charge is 0.101 e. The summed E-state index contributed by atoms with van der Waals surface area (Å²) in [4.78, 5) is 2.17. The zero-order chi connectivity index (χ0) is 13.7. The lowest BCUT2D eigenvalue weighted by atomic mass is 10.1. The van der Waals surface area contributed by atoms with Gasteiger partial charge in [0.25, 0.3) is 0 Å². The molecule has 0 atom stereocenters. The Balaban J connectivity index is 2.30. The second-order valence-corrected chi connectivity index (χ2v) is 4.39. The number of hydrogen-bond acceptors (Lipinski definition) is 3. The zero-order valence-corrected chi connectivity index (χ0v) is 11.0. The minimum Gasteiger partial charge on any atom is -0.399 e. The van der Waals surface area contributed by atoms with Crippen LogP contribution in [0.5, 0.6) is 0 Å². The molecule has 0 aromatic heterocycles. The van der Waals surface area contributed by atoms with Crippen LogP contribution in [0.4, 0.5) is 11.4 Å². The summed E-state index contributed by atoms with van der Waals surface area (Å²) in [5, 5.41) is 9.22. The zero-order valence-electron chi connectivity index (χ0n) is 11.0. The molecule has 0 amide bonds. The molecule has 0 saturated carbocycles. The second kappa shape index (κ2) is 5.92. The SMILES string of the molecule is CCN(Cc1ccccc1)c1ccc(N)cc1C#N. The molecule has 2 N–H and O–H groups in total. The molecule has 0 aliphatic carbocycles. The highest BCUT2D eigenvalue weighted by molar-refractivity contribution is 5.64. The molecular formula is C16H17N3. The van der Waals surface area contributed by atoms with Crippen LogP contribution in [0.3, 0.4) is 0 Å². The molecule has 0 fully saturated rings. The molecule has 96 valence electrons. The second-order valence-electron chi connectivity index (χ2n) is 4.39. The van der Waals surface area contributed by atoms with Crippen LogP contribution >= 0.6 is 0 Å². The van der Waals surface area contributed by atoms with E-state index in [1.54, 1.807) is 6.07 Å². The van der Waals surface area contributed by atoms with Crippen molar-refractivity contribution in [3.8, 4) is 6.07 Å². The first-order valence-electron chi connectivity index (χ1n) is 6.33. The van der Waals surface area contributed by atoms with Crippen molar-refractivity contribution in [2.45, 2.75) is 13.5 Å². The molecule has 2 aromatic rings. The van der Waals surface area contributed by atoms with Crippen LogP contribution in [-0.2, 0) is 6.54 Å². The maximum Gasteiger partial charge on any atom is 0.101 e. The molecule has 0 bridgehead atoms. The van der Waals surface area contributed by atoms with Crippen molar-refractivity contribution in [3.05, 3.63) is 59.7 Å². The normalized spacial score (nSPS) is 9.89. The molecule has 0 aliphatic rings. The lowest BCUT2D eigenvalue weighted by Gasteiger charge is -2.24. The van der Waals surface area contributed by atoms with Gasteiger partial charge >= 0.3 is 0 Å². The Hall–Kier alpha value is -2.47. The maximum absolute atomic E-state index is 9.22. The molecule has 0 spiro atoms. The Bertz CT molecular complexity index is 585. The first-order valence-corrected chi connectivity index (χ1v) is 6.33. The first-order chi connectivity index (χ1) is 9.24. The van der Waals surface area contributed by atoms with E-state index in [-0.39, 0.29) is 0 Å². The third-order valence-electron chi connectivity index (χ3n) is 3.08. The van der Waals surface area contributed by atoms with Crippen molar-refractivity contribution in [1.29, 1.82) is 5.26 Å². The van der Waals surface area contributed by atoms with Crippen molar-refractivity contribution >= 4 is 11.4 Å². The lowest BCUT2D eigenvalue weighted by molar-refractivity contribution is 0.830. The van der Waals surface area contributed by atoms with Crippen LogP contribution in [0.15, 0.2) is 48.5 Å². The molecule has 3 heteroatoms. The van der Waals surface area contributed by atoms with Crippen molar-refractivity contribution in [3.63, 3.8) is 0 Å². The molecule has 2 aromatic carbocycles.